The van der Waals surface area contributed by atoms with Crippen molar-refractivity contribution in [2.75, 3.05) is 20.6 Å². The number of rotatable bonds is 9. The Morgan fingerprint density at radius 2 is 1.94 bits per heavy atom. The Morgan fingerprint density at radius 1 is 1.21 bits per heavy atom. The van der Waals surface area contributed by atoms with E-state index in [0.717, 1.165) is 43.1 Å². The van der Waals surface area contributed by atoms with E-state index in [9.17, 15) is 14.9 Å². The molecule has 178 valence electrons. The van der Waals surface area contributed by atoms with E-state index in [1.54, 1.807) is 0 Å². The molecule has 1 aromatic heterocycles. The number of hydrogen-bond donors (Lipinski definition) is 2. The third-order valence-electron chi connectivity index (χ3n) is 6.41. The Hall–Kier alpha value is -2.85. The van der Waals surface area contributed by atoms with E-state index in [-0.39, 0.29) is 23.8 Å². The highest BCUT2D eigenvalue weighted by Gasteiger charge is 2.33. The van der Waals surface area contributed by atoms with Crippen LogP contribution in [0.4, 0.5) is 0 Å². The van der Waals surface area contributed by atoms with Crippen LogP contribution in [0.5, 0.6) is 0 Å². The second-order valence-electron chi connectivity index (χ2n) is 9.83. The number of nitrogens with one attached hydrogen (secondary N) is 2. The zero-order chi connectivity index (χ0) is 24.0. The van der Waals surface area contributed by atoms with Gasteiger partial charge < -0.3 is 20.1 Å². The molecule has 2 N–H and O–H groups in total. The Kier molecular flexibility index (Phi) is 8.51. The zero-order valence-electron chi connectivity index (χ0n) is 20.3. The fraction of sp³-hybridized carbons (Fsp3) is 0.577. The van der Waals surface area contributed by atoms with Gasteiger partial charge in [0.1, 0.15) is 11.7 Å². The number of para-hydroxylation sites is 1. The Labute approximate surface area is 197 Å². The van der Waals surface area contributed by atoms with Crippen LogP contribution < -0.4 is 10.6 Å². The average molecular weight is 452 g/mol. The van der Waals surface area contributed by atoms with Gasteiger partial charge in [-0.25, -0.2) is 0 Å². The monoisotopic (exact) mass is 451 g/mol. The summed E-state index contributed by atoms with van der Waals surface area (Å²) in [5.74, 6) is -0.264. The van der Waals surface area contributed by atoms with E-state index in [2.05, 4.69) is 26.2 Å². The molecule has 3 rings (SSSR count). The van der Waals surface area contributed by atoms with Gasteiger partial charge in [0, 0.05) is 30.0 Å². The number of carbonyl (C=O) groups is 2. The summed E-state index contributed by atoms with van der Waals surface area (Å²) >= 11 is 0. The molecule has 7 nitrogen and oxygen atoms in total. The highest BCUT2D eigenvalue weighted by atomic mass is 16.2. The normalized spacial score (nSPS) is 19.4. The lowest BCUT2D eigenvalue weighted by Crippen LogP contribution is -2.50. The molecule has 2 amide bonds. The Morgan fingerprint density at radius 3 is 2.64 bits per heavy atom. The minimum absolute atomic E-state index is 0.125. The van der Waals surface area contributed by atoms with Gasteiger partial charge in [-0.3, -0.25) is 9.59 Å². The summed E-state index contributed by atoms with van der Waals surface area (Å²) in [7, 11) is 4.04. The molecular formula is C26H37N5O2. The molecule has 0 bridgehead atoms. The van der Waals surface area contributed by atoms with Gasteiger partial charge in [0.05, 0.1) is 12.0 Å². The molecule has 0 radical (unpaired) electrons. The standard InChI is InChI=1S/C26H37N5O2/c1-18(2)15-20(17-27)28-25(32)21-10-6-7-11-22(21)29-26(33)24-16-19-9-5-8-12-23(19)31(24)14-13-30(3)4/h5,8-9,12,16,18,20-22H,6-7,10-11,13-15H2,1-4H3,(H,28,32)(H,29,33)/t20-,21+,22-/m0/s1. The van der Waals surface area contributed by atoms with Crippen molar-refractivity contribution in [3.8, 4) is 6.07 Å². The van der Waals surface area contributed by atoms with Crippen LogP contribution in [0, 0.1) is 23.2 Å². The number of likely N-dealkylation sites (N-methyl/N-ethyl adjacent to an activating group) is 1. The molecule has 1 heterocycles. The molecule has 33 heavy (non-hydrogen) atoms. The first kappa shape index (κ1) is 24.8. The maximum Gasteiger partial charge on any atom is 0.268 e. The smallest absolute Gasteiger partial charge is 0.268 e. The van der Waals surface area contributed by atoms with Crippen molar-refractivity contribution in [2.24, 2.45) is 11.8 Å². The SMILES string of the molecule is CC(C)C[C@@H](C#N)NC(=O)[C@@H]1CCCC[C@@H]1NC(=O)c1cc2ccccc2n1CCN(C)C. The molecule has 7 heteroatoms. The topological polar surface area (TPSA) is 90.2 Å². The summed E-state index contributed by atoms with van der Waals surface area (Å²) in [6.45, 7) is 5.60. The second kappa shape index (κ2) is 11.3. The van der Waals surface area contributed by atoms with Gasteiger partial charge in [-0.15, -0.1) is 0 Å². The largest absolute Gasteiger partial charge is 0.347 e. The van der Waals surface area contributed by atoms with Gasteiger partial charge in [0.25, 0.3) is 5.91 Å². The van der Waals surface area contributed by atoms with E-state index in [4.69, 9.17) is 0 Å². The first-order valence-electron chi connectivity index (χ1n) is 12.0. The number of amides is 2. The summed E-state index contributed by atoms with van der Waals surface area (Å²) in [4.78, 5) is 28.5. The second-order valence-corrected chi connectivity index (χ2v) is 9.83. The minimum Gasteiger partial charge on any atom is -0.347 e. The lowest BCUT2D eigenvalue weighted by atomic mass is 9.83. The average Bonchev–Trinajstić information content (AvgIpc) is 3.16. The molecule has 2 aromatic rings. The van der Waals surface area contributed by atoms with Crippen LogP contribution >= 0.6 is 0 Å². The minimum atomic E-state index is -0.496. The van der Waals surface area contributed by atoms with Crippen LogP contribution in [-0.2, 0) is 11.3 Å². The molecule has 1 aliphatic rings. The van der Waals surface area contributed by atoms with Crippen molar-refractivity contribution in [1.29, 1.82) is 5.26 Å². The van der Waals surface area contributed by atoms with Crippen LogP contribution in [0.1, 0.15) is 56.4 Å². The zero-order valence-corrected chi connectivity index (χ0v) is 20.3. The molecular weight excluding hydrogens is 414 g/mol. The Bertz CT molecular complexity index is 1000. The molecule has 1 aromatic carbocycles. The van der Waals surface area contributed by atoms with Crippen LogP contribution in [0.15, 0.2) is 30.3 Å². The van der Waals surface area contributed by atoms with E-state index in [1.165, 1.54) is 0 Å². The predicted octanol–water partition coefficient (Wildman–Crippen LogP) is 3.55. The number of hydrogen-bond acceptors (Lipinski definition) is 4. The Balaban J connectivity index is 1.78. The summed E-state index contributed by atoms with van der Waals surface area (Å²) in [5, 5.41) is 16.5. The van der Waals surface area contributed by atoms with Gasteiger partial charge in [-0.05, 0) is 51.4 Å². The number of nitriles is 1. The van der Waals surface area contributed by atoms with Gasteiger partial charge in [0.15, 0.2) is 0 Å². The highest BCUT2D eigenvalue weighted by molar-refractivity contribution is 5.99. The molecule has 3 atom stereocenters. The lowest BCUT2D eigenvalue weighted by Gasteiger charge is -2.32. The first-order chi connectivity index (χ1) is 15.8. The maximum absolute atomic E-state index is 13.4. The molecule has 1 aliphatic carbocycles. The van der Waals surface area contributed by atoms with E-state index in [1.807, 2.05) is 58.3 Å². The van der Waals surface area contributed by atoms with Crippen molar-refractivity contribution in [2.45, 2.75) is 64.6 Å². The third-order valence-corrected chi connectivity index (χ3v) is 6.41. The maximum atomic E-state index is 13.4. The van der Waals surface area contributed by atoms with Gasteiger partial charge in [0.2, 0.25) is 5.91 Å². The fourth-order valence-electron chi connectivity index (χ4n) is 4.69. The fourth-order valence-corrected chi connectivity index (χ4v) is 4.69. The van der Waals surface area contributed by atoms with Crippen LogP contribution in [0.25, 0.3) is 10.9 Å². The van der Waals surface area contributed by atoms with E-state index in [0.29, 0.717) is 24.6 Å². The third kappa shape index (κ3) is 6.35. The summed E-state index contributed by atoms with van der Waals surface area (Å²) in [5.41, 5.74) is 1.66. The number of fused-ring (bicyclic) bond motifs is 1. The number of carbonyl (C=O) groups excluding carboxylic acids is 2. The van der Waals surface area contributed by atoms with E-state index >= 15 is 0 Å². The summed E-state index contributed by atoms with van der Waals surface area (Å²) in [6.07, 6.45) is 4.04. The number of benzene rings is 1. The van der Waals surface area contributed by atoms with Crippen molar-refractivity contribution in [3.05, 3.63) is 36.0 Å². The molecule has 1 saturated carbocycles. The number of nitrogens with zero attached hydrogens (tertiary/aromatic N) is 3. The van der Waals surface area contributed by atoms with E-state index < -0.39 is 6.04 Å². The molecule has 0 saturated heterocycles. The summed E-state index contributed by atoms with van der Waals surface area (Å²) < 4.78 is 2.07. The van der Waals surface area contributed by atoms with Gasteiger partial charge >= 0.3 is 0 Å². The van der Waals surface area contributed by atoms with Crippen molar-refractivity contribution >= 4 is 22.7 Å². The molecule has 0 unspecified atom stereocenters. The van der Waals surface area contributed by atoms with Gasteiger partial charge in [-0.1, -0.05) is 44.9 Å². The highest BCUT2D eigenvalue weighted by Crippen LogP contribution is 2.26. The lowest BCUT2D eigenvalue weighted by molar-refractivity contribution is -0.127. The van der Waals surface area contributed by atoms with Gasteiger partial charge in [-0.2, -0.15) is 5.26 Å². The quantitative estimate of drug-likeness (QED) is 0.610. The van der Waals surface area contributed by atoms with Crippen LogP contribution in [0.3, 0.4) is 0 Å². The molecule has 0 aliphatic heterocycles. The molecule has 0 spiro atoms. The van der Waals surface area contributed by atoms with Crippen molar-refractivity contribution < 1.29 is 9.59 Å². The van der Waals surface area contributed by atoms with Crippen molar-refractivity contribution in [3.63, 3.8) is 0 Å². The number of aromatic nitrogens is 1. The molecule has 1 fully saturated rings. The van der Waals surface area contributed by atoms with Crippen molar-refractivity contribution in [1.82, 2.24) is 20.1 Å². The predicted molar refractivity (Wildman–Crippen MR) is 131 cm³/mol. The van der Waals surface area contributed by atoms with Crippen LogP contribution in [-0.4, -0.2) is 54.0 Å². The van der Waals surface area contributed by atoms with Crippen LogP contribution in [0.2, 0.25) is 0 Å². The summed E-state index contributed by atoms with van der Waals surface area (Å²) in [6, 6.07) is 11.4. The first-order valence-corrected chi connectivity index (χ1v) is 12.0.